The maximum absolute atomic E-state index is 13.5. The Morgan fingerprint density at radius 2 is 1.55 bits per heavy atom. The van der Waals surface area contributed by atoms with Gasteiger partial charge in [0.2, 0.25) is 11.7 Å². The second-order valence-corrected chi connectivity index (χ2v) is 7.44. The minimum atomic E-state index is -0.685. The number of amidine groups is 1. The van der Waals surface area contributed by atoms with Gasteiger partial charge in [0.15, 0.2) is 5.84 Å². The molecule has 0 aliphatic carbocycles. The largest absolute Gasteiger partial charge is 0.354 e. The Kier molecular flexibility index (Phi) is 6.22. The average Bonchev–Trinajstić information content (AvgIpc) is 2.83. The quantitative estimate of drug-likeness (QED) is 0.436. The highest BCUT2D eigenvalue weighted by Crippen LogP contribution is 2.38. The Bertz CT molecular complexity index is 1090. The number of nitrogens with one attached hydrogen (secondary N) is 1. The van der Waals surface area contributed by atoms with Gasteiger partial charge in [-0.3, -0.25) is 9.59 Å². The highest BCUT2D eigenvalue weighted by molar-refractivity contribution is 6.50. The number of aliphatic imine (C=N–C) groups is 1. The summed E-state index contributed by atoms with van der Waals surface area (Å²) in [5.74, 6) is -0.116. The van der Waals surface area contributed by atoms with Crippen molar-refractivity contribution in [2.75, 3.05) is 11.4 Å². The molecule has 3 aromatic carbocycles. The third-order valence-electron chi connectivity index (χ3n) is 5.30. The van der Waals surface area contributed by atoms with E-state index in [1.807, 2.05) is 72.8 Å². The summed E-state index contributed by atoms with van der Waals surface area (Å²) >= 11 is 0. The number of benzene rings is 3. The van der Waals surface area contributed by atoms with E-state index in [4.69, 9.17) is 4.99 Å². The Hall–Kier alpha value is -3.73. The van der Waals surface area contributed by atoms with Crippen molar-refractivity contribution in [1.29, 1.82) is 0 Å². The van der Waals surface area contributed by atoms with E-state index in [0.717, 1.165) is 24.1 Å². The van der Waals surface area contributed by atoms with Crippen molar-refractivity contribution in [2.45, 2.75) is 25.8 Å². The second kappa shape index (κ2) is 9.39. The highest BCUT2D eigenvalue weighted by atomic mass is 16.2. The van der Waals surface area contributed by atoms with Crippen LogP contribution in [0.15, 0.2) is 89.9 Å². The number of ketones is 1. The topological polar surface area (TPSA) is 61.8 Å². The lowest BCUT2D eigenvalue weighted by molar-refractivity contribution is -0.122. The van der Waals surface area contributed by atoms with E-state index in [2.05, 4.69) is 12.2 Å². The molecule has 0 bridgehead atoms. The molecule has 4 rings (SSSR count). The molecule has 156 valence electrons. The smallest absolute Gasteiger partial charge is 0.247 e. The van der Waals surface area contributed by atoms with Crippen LogP contribution in [0.5, 0.6) is 0 Å². The van der Waals surface area contributed by atoms with E-state index in [1.54, 1.807) is 17.0 Å². The fraction of sp³-hybridized carbons (Fsp3) is 0.192. The summed E-state index contributed by atoms with van der Waals surface area (Å²) in [6.45, 7) is 2.68. The van der Waals surface area contributed by atoms with E-state index >= 15 is 0 Å². The molecule has 1 aliphatic rings. The average molecular weight is 412 g/mol. The van der Waals surface area contributed by atoms with Crippen LogP contribution >= 0.6 is 0 Å². The maximum Gasteiger partial charge on any atom is 0.247 e. The number of fused-ring (bicyclic) bond motifs is 1. The monoisotopic (exact) mass is 411 g/mol. The lowest BCUT2D eigenvalue weighted by Crippen LogP contribution is -2.48. The van der Waals surface area contributed by atoms with Gasteiger partial charge in [-0.25, -0.2) is 4.99 Å². The molecule has 0 saturated heterocycles. The molecule has 0 aromatic heterocycles. The van der Waals surface area contributed by atoms with Crippen molar-refractivity contribution >= 4 is 28.9 Å². The Labute approximate surface area is 182 Å². The molecule has 1 unspecified atom stereocenters. The van der Waals surface area contributed by atoms with Crippen molar-refractivity contribution < 1.29 is 9.59 Å². The molecule has 0 fully saturated rings. The number of carbonyl (C=O) groups is 2. The molecule has 0 saturated carbocycles. The van der Waals surface area contributed by atoms with E-state index in [1.165, 1.54) is 0 Å². The molecular weight excluding hydrogens is 386 g/mol. The number of para-hydroxylation sites is 2. The van der Waals surface area contributed by atoms with Gasteiger partial charge in [0.1, 0.15) is 6.04 Å². The van der Waals surface area contributed by atoms with Gasteiger partial charge in [-0.05, 0) is 24.6 Å². The van der Waals surface area contributed by atoms with Crippen molar-refractivity contribution in [3.63, 3.8) is 0 Å². The molecule has 1 amide bonds. The molecule has 1 heterocycles. The first-order chi connectivity index (χ1) is 15.2. The number of nitrogens with zero attached hydrogens (tertiary/aromatic N) is 2. The van der Waals surface area contributed by atoms with Crippen LogP contribution in [0.25, 0.3) is 0 Å². The standard InChI is InChI=1S/C26H25N3O2/c1-2-3-18-27-26(31)23-21-16-10-11-17-22(21)28-25(24(30)19-12-6-4-7-13-19)29(23)20-14-8-5-9-15-20/h4-17,23H,2-3,18H2,1H3,(H,27,31). The summed E-state index contributed by atoms with van der Waals surface area (Å²) in [5, 5.41) is 3.05. The third-order valence-corrected chi connectivity index (χ3v) is 5.30. The number of hydrogen-bond acceptors (Lipinski definition) is 4. The van der Waals surface area contributed by atoms with Gasteiger partial charge in [0.05, 0.1) is 5.69 Å². The van der Waals surface area contributed by atoms with Crippen molar-refractivity contribution in [3.8, 4) is 0 Å². The van der Waals surface area contributed by atoms with Crippen molar-refractivity contribution in [3.05, 3.63) is 96.1 Å². The van der Waals surface area contributed by atoms with Gasteiger partial charge >= 0.3 is 0 Å². The minimum Gasteiger partial charge on any atom is -0.354 e. The Morgan fingerprint density at radius 1 is 0.903 bits per heavy atom. The van der Waals surface area contributed by atoms with Crippen LogP contribution < -0.4 is 10.2 Å². The predicted molar refractivity (Wildman–Crippen MR) is 124 cm³/mol. The first-order valence-corrected chi connectivity index (χ1v) is 10.6. The van der Waals surface area contributed by atoms with Gasteiger partial charge in [0, 0.05) is 23.4 Å². The molecule has 3 aromatic rings. The number of hydrogen-bond donors (Lipinski definition) is 1. The number of rotatable bonds is 7. The summed E-state index contributed by atoms with van der Waals surface area (Å²) in [5.41, 5.74) is 2.71. The number of amides is 1. The van der Waals surface area contributed by atoms with Crippen LogP contribution in [0.4, 0.5) is 11.4 Å². The Morgan fingerprint density at radius 3 is 2.26 bits per heavy atom. The van der Waals surface area contributed by atoms with Gasteiger partial charge < -0.3 is 10.2 Å². The molecule has 31 heavy (non-hydrogen) atoms. The fourth-order valence-electron chi connectivity index (χ4n) is 3.73. The van der Waals surface area contributed by atoms with Gasteiger partial charge in [-0.1, -0.05) is 80.1 Å². The SMILES string of the molecule is CCCCNC(=O)C1c2ccccc2N=C(C(=O)c2ccccc2)N1c1ccccc1. The highest BCUT2D eigenvalue weighted by Gasteiger charge is 2.38. The van der Waals surface area contributed by atoms with Gasteiger partial charge in [0.25, 0.3) is 0 Å². The van der Waals surface area contributed by atoms with Crippen LogP contribution in [-0.4, -0.2) is 24.1 Å². The first kappa shape index (κ1) is 20.5. The van der Waals surface area contributed by atoms with Crippen LogP contribution in [0.3, 0.4) is 0 Å². The van der Waals surface area contributed by atoms with E-state index in [-0.39, 0.29) is 17.5 Å². The number of carbonyl (C=O) groups excluding carboxylic acids is 2. The molecule has 0 radical (unpaired) electrons. The van der Waals surface area contributed by atoms with E-state index in [0.29, 0.717) is 17.8 Å². The molecule has 5 nitrogen and oxygen atoms in total. The van der Waals surface area contributed by atoms with Crippen LogP contribution in [0, 0.1) is 0 Å². The second-order valence-electron chi connectivity index (χ2n) is 7.44. The summed E-state index contributed by atoms with van der Waals surface area (Å²) in [6, 6.07) is 25.4. The normalized spacial score (nSPS) is 15.1. The number of Topliss-reactive ketones (excluding diaryl/α,β-unsaturated/α-hetero) is 1. The summed E-state index contributed by atoms with van der Waals surface area (Å²) in [7, 11) is 0. The van der Waals surface area contributed by atoms with E-state index < -0.39 is 6.04 Å². The summed E-state index contributed by atoms with van der Waals surface area (Å²) in [4.78, 5) is 33.4. The molecule has 0 spiro atoms. The lowest BCUT2D eigenvalue weighted by atomic mass is 9.97. The zero-order valence-corrected chi connectivity index (χ0v) is 17.5. The van der Waals surface area contributed by atoms with Crippen LogP contribution in [-0.2, 0) is 4.79 Å². The fourth-order valence-corrected chi connectivity index (χ4v) is 3.73. The van der Waals surface area contributed by atoms with Crippen LogP contribution in [0.1, 0.15) is 41.7 Å². The van der Waals surface area contributed by atoms with Crippen molar-refractivity contribution in [1.82, 2.24) is 5.32 Å². The van der Waals surface area contributed by atoms with Crippen molar-refractivity contribution in [2.24, 2.45) is 4.99 Å². The van der Waals surface area contributed by atoms with Gasteiger partial charge in [-0.2, -0.15) is 0 Å². The lowest BCUT2D eigenvalue weighted by Gasteiger charge is -2.36. The van der Waals surface area contributed by atoms with E-state index in [9.17, 15) is 9.59 Å². The molecule has 5 heteroatoms. The molecule has 1 N–H and O–H groups in total. The Balaban J connectivity index is 1.85. The maximum atomic E-state index is 13.5. The predicted octanol–water partition coefficient (Wildman–Crippen LogP) is 5.08. The molecule has 1 atom stereocenters. The molecule has 1 aliphatic heterocycles. The zero-order chi connectivity index (χ0) is 21.6. The number of unbranched alkanes of at least 4 members (excludes halogenated alkanes) is 1. The number of anilines is 1. The van der Waals surface area contributed by atoms with Gasteiger partial charge in [-0.15, -0.1) is 0 Å². The molecular formula is C26H25N3O2. The first-order valence-electron chi connectivity index (χ1n) is 10.6. The third kappa shape index (κ3) is 4.26. The summed E-state index contributed by atoms with van der Waals surface area (Å²) in [6.07, 6.45) is 1.89. The summed E-state index contributed by atoms with van der Waals surface area (Å²) < 4.78 is 0. The zero-order valence-electron chi connectivity index (χ0n) is 17.5. The minimum absolute atomic E-state index is 0.141. The van der Waals surface area contributed by atoms with Crippen LogP contribution in [0.2, 0.25) is 0 Å².